The number of alkyl halides is 3. The first-order chi connectivity index (χ1) is 11.1. The smallest absolute Gasteiger partial charge is 0.416 e. The first-order valence-corrected chi connectivity index (χ1v) is 7.03. The van der Waals surface area contributed by atoms with Crippen LogP contribution in [0.5, 0.6) is 5.75 Å². The van der Waals surface area contributed by atoms with E-state index in [1.165, 1.54) is 6.92 Å². The molecular weight excluding hydrogens is 352 g/mol. The van der Waals surface area contributed by atoms with Crippen molar-refractivity contribution in [2.24, 2.45) is 0 Å². The van der Waals surface area contributed by atoms with Gasteiger partial charge in [-0.15, -0.1) is 0 Å². The maximum atomic E-state index is 13.6. The van der Waals surface area contributed by atoms with Crippen LogP contribution in [0.1, 0.15) is 12.5 Å². The predicted octanol–water partition coefficient (Wildman–Crippen LogP) is 5.02. The highest BCUT2D eigenvalue weighted by Crippen LogP contribution is 2.39. The predicted molar refractivity (Wildman–Crippen MR) is 79.6 cm³/mol. The maximum absolute atomic E-state index is 13.6. The molecule has 0 unspecified atom stereocenters. The number of carboxylic acid groups (broad SMARTS) is 1. The van der Waals surface area contributed by atoms with E-state index in [2.05, 4.69) is 0 Å². The molecule has 0 heterocycles. The van der Waals surface area contributed by atoms with Gasteiger partial charge in [0.25, 0.3) is 0 Å². The third-order valence-corrected chi connectivity index (χ3v) is 3.51. The summed E-state index contributed by atoms with van der Waals surface area (Å²) in [7, 11) is 0. The van der Waals surface area contributed by atoms with Gasteiger partial charge in [-0.3, -0.25) is 0 Å². The van der Waals surface area contributed by atoms with E-state index >= 15 is 0 Å². The van der Waals surface area contributed by atoms with E-state index in [1.807, 2.05) is 0 Å². The van der Waals surface area contributed by atoms with Gasteiger partial charge in [-0.1, -0.05) is 11.6 Å². The van der Waals surface area contributed by atoms with E-state index < -0.39 is 29.6 Å². The van der Waals surface area contributed by atoms with Crippen LogP contribution in [0.25, 0.3) is 11.1 Å². The number of benzene rings is 2. The molecule has 2 aromatic rings. The molecule has 0 saturated carbocycles. The number of hydrogen-bond donors (Lipinski definition) is 1. The molecule has 8 heteroatoms. The van der Waals surface area contributed by atoms with Gasteiger partial charge >= 0.3 is 12.1 Å². The van der Waals surface area contributed by atoms with E-state index in [0.717, 1.165) is 36.4 Å². The highest BCUT2D eigenvalue weighted by atomic mass is 35.5. The summed E-state index contributed by atoms with van der Waals surface area (Å²) in [6, 6.07) is 5.68. The number of carboxylic acids is 1. The molecule has 0 radical (unpaired) electrons. The fourth-order valence-corrected chi connectivity index (χ4v) is 2.18. The molecule has 0 aliphatic rings. The molecule has 0 fully saturated rings. The van der Waals surface area contributed by atoms with Crippen molar-refractivity contribution in [3.63, 3.8) is 0 Å². The highest BCUT2D eigenvalue weighted by molar-refractivity contribution is 6.33. The van der Waals surface area contributed by atoms with Gasteiger partial charge in [0.05, 0.1) is 5.56 Å². The van der Waals surface area contributed by atoms with Gasteiger partial charge in [-0.2, -0.15) is 13.2 Å². The van der Waals surface area contributed by atoms with Gasteiger partial charge < -0.3 is 9.84 Å². The van der Waals surface area contributed by atoms with Crippen molar-refractivity contribution in [2.45, 2.75) is 19.2 Å². The van der Waals surface area contributed by atoms with E-state index in [4.69, 9.17) is 21.4 Å². The Morgan fingerprint density at radius 2 is 1.83 bits per heavy atom. The Morgan fingerprint density at radius 3 is 2.42 bits per heavy atom. The highest BCUT2D eigenvalue weighted by Gasteiger charge is 2.31. The third kappa shape index (κ3) is 3.97. The quantitative estimate of drug-likeness (QED) is 0.777. The van der Waals surface area contributed by atoms with Crippen molar-refractivity contribution in [2.75, 3.05) is 0 Å². The van der Waals surface area contributed by atoms with Crippen LogP contribution in [0.2, 0.25) is 5.02 Å². The summed E-state index contributed by atoms with van der Waals surface area (Å²) in [5, 5.41) is 8.84. The Bertz CT molecular complexity index is 774. The maximum Gasteiger partial charge on any atom is 0.416 e. The minimum atomic E-state index is -4.61. The summed E-state index contributed by atoms with van der Waals surface area (Å²) in [5.74, 6) is -2.10. The lowest BCUT2D eigenvalue weighted by molar-refractivity contribution is -0.144. The Morgan fingerprint density at radius 1 is 1.17 bits per heavy atom. The summed E-state index contributed by atoms with van der Waals surface area (Å²) in [5.41, 5.74) is -1.15. The van der Waals surface area contributed by atoms with Crippen molar-refractivity contribution < 1.29 is 32.2 Å². The number of carbonyl (C=O) groups is 1. The first kappa shape index (κ1) is 18.1. The third-order valence-electron chi connectivity index (χ3n) is 3.18. The minimum absolute atomic E-state index is 0.0542. The summed E-state index contributed by atoms with van der Waals surface area (Å²) >= 11 is 5.94. The van der Waals surface area contributed by atoms with Crippen LogP contribution in [0, 0.1) is 5.82 Å². The average Bonchev–Trinajstić information content (AvgIpc) is 2.48. The van der Waals surface area contributed by atoms with Crippen LogP contribution in [0.15, 0.2) is 36.4 Å². The standard InChI is InChI=1S/C16H11ClF4O3/c1-8(15(22)23)24-14-5-3-10(18)7-12(14)11-6-9(16(19,20)21)2-4-13(11)17/h2-8H,1H3,(H,22,23)/t8-/m0/s1. The lowest BCUT2D eigenvalue weighted by Gasteiger charge is -2.16. The van der Waals surface area contributed by atoms with Gasteiger partial charge in [0.15, 0.2) is 6.10 Å². The Balaban J connectivity index is 2.59. The molecule has 2 aromatic carbocycles. The lowest BCUT2D eigenvalue weighted by atomic mass is 10.0. The zero-order chi connectivity index (χ0) is 18.1. The summed E-state index contributed by atoms with van der Waals surface area (Å²) < 4.78 is 57.4. The zero-order valence-corrected chi connectivity index (χ0v) is 13.0. The van der Waals surface area contributed by atoms with Crippen LogP contribution in [0.3, 0.4) is 0 Å². The number of halogens is 5. The number of ether oxygens (including phenoxy) is 1. The van der Waals surface area contributed by atoms with Crippen LogP contribution in [0.4, 0.5) is 17.6 Å². The minimum Gasteiger partial charge on any atom is -0.479 e. The molecule has 3 nitrogen and oxygen atoms in total. The van der Waals surface area contributed by atoms with Gasteiger partial charge in [-0.25, -0.2) is 9.18 Å². The van der Waals surface area contributed by atoms with Crippen molar-refractivity contribution >= 4 is 17.6 Å². The van der Waals surface area contributed by atoms with Crippen LogP contribution < -0.4 is 4.74 Å². The normalized spacial score (nSPS) is 12.8. The monoisotopic (exact) mass is 362 g/mol. The Hall–Kier alpha value is -2.28. The average molecular weight is 363 g/mol. The van der Waals surface area contributed by atoms with Crippen LogP contribution >= 0.6 is 11.6 Å². The van der Waals surface area contributed by atoms with Gasteiger partial charge in [-0.05, 0) is 43.3 Å². The molecule has 128 valence electrons. The lowest BCUT2D eigenvalue weighted by Crippen LogP contribution is -2.23. The molecule has 1 N–H and O–H groups in total. The molecule has 24 heavy (non-hydrogen) atoms. The first-order valence-electron chi connectivity index (χ1n) is 6.65. The van der Waals surface area contributed by atoms with E-state index in [-0.39, 0.29) is 21.9 Å². The molecule has 0 aromatic heterocycles. The number of rotatable bonds is 4. The molecule has 1 atom stereocenters. The summed E-state index contributed by atoms with van der Waals surface area (Å²) in [4.78, 5) is 10.9. The van der Waals surface area contributed by atoms with E-state index in [9.17, 15) is 22.4 Å². The van der Waals surface area contributed by atoms with Crippen molar-refractivity contribution in [3.8, 4) is 16.9 Å². The van der Waals surface area contributed by atoms with Gasteiger partial charge in [0.1, 0.15) is 11.6 Å². The second-order valence-corrected chi connectivity index (χ2v) is 5.34. The molecule has 0 saturated heterocycles. The molecule has 0 aliphatic carbocycles. The van der Waals surface area contributed by atoms with E-state index in [1.54, 1.807) is 0 Å². The molecule has 0 aliphatic heterocycles. The number of aliphatic carboxylic acids is 1. The molecule has 0 amide bonds. The van der Waals surface area contributed by atoms with Crippen molar-refractivity contribution in [1.29, 1.82) is 0 Å². The molecule has 0 spiro atoms. The number of hydrogen-bond acceptors (Lipinski definition) is 2. The van der Waals surface area contributed by atoms with Gasteiger partial charge in [0.2, 0.25) is 0 Å². The Kier molecular flexibility index (Phi) is 5.03. The van der Waals surface area contributed by atoms with E-state index in [0.29, 0.717) is 0 Å². The topological polar surface area (TPSA) is 46.5 Å². The van der Waals surface area contributed by atoms with Crippen molar-refractivity contribution in [1.82, 2.24) is 0 Å². The van der Waals surface area contributed by atoms with Crippen LogP contribution in [-0.2, 0) is 11.0 Å². The van der Waals surface area contributed by atoms with Gasteiger partial charge in [0, 0.05) is 16.1 Å². The zero-order valence-electron chi connectivity index (χ0n) is 12.2. The molecule has 0 bridgehead atoms. The van der Waals surface area contributed by atoms with Crippen molar-refractivity contribution in [3.05, 3.63) is 52.8 Å². The fourth-order valence-electron chi connectivity index (χ4n) is 1.96. The Labute approximate surface area is 139 Å². The summed E-state index contributed by atoms with van der Waals surface area (Å²) in [6.45, 7) is 1.24. The summed E-state index contributed by atoms with van der Waals surface area (Å²) in [6.07, 6.45) is -5.89. The molecular formula is C16H11ClF4O3. The SMILES string of the molecule is C[C@H](Oc1ccc(F)cc1-c1cc(C(F)(F)F)ccc1Cl)C(=O)O. The largest absolute Gasteiger partial charge is 0.479 e. The second-order valence-electron chi connectivity index (χ2n) is 4.93. The second kappa shape index (κ2) is 6.68. The fraction of sp³-hybridized carbons (Fsp3) is 0.188. The van der Waals surface area contributed by atoms with Crippen LogP contribution in [-0.4, -0.2) is 17.2 Å². The molecule has 2 rings (SSSR count).